The summed E-state index contributed by atoms with van der Waals surface area (Å²) in [5.41, 5.74) is 5.35. The van der Waals surface area contributed by atoms with Gasteiger partial charge < -0.3 is 10.5 Å². The number of thiocarbonyl (C=S) groups is 1. The number of hydrogen-bond acceptors (Lipinski definition) is 4. The fourth-order valence-electron chi connectivity index (χ4n) is 1.88. The van der Waals surface area contributed by atoms with Crippen molar-refractivity contribution >= 4 is 27.2 Å². The maximum Gasteiger partial charge on any atom is 0.220 e. The van der Waals surface area contributed by atoms with Gasteiger partial charge in [-0.2, -0.15) is 0 Å². The van der Waals surface area contributed by atoms with Crippen LogP contribution >= 0.6 is 12.2 Å². The Morgan fingerprint density at radius 2 is 2.29 bits per heavy atom. The minimum Gasteiger partial charge on any atom is -0.392 e. The summed E-state index contributed by atoms with van der Waals surface area (Å²) in [6.45, 7) is 4.63. The molecule has 3 unspecified atom stereocenters. The number of sulfonamides is 1. The number of nitrogens with two attached hydrogens (primary N) is 1. The molecule has 1 saturated heterocycles. The Morgan fingerprint density at radius 1 is 1.65 bits per heavy atom. The smallest absolute Gasteiger partial charge is 0.220 e. The Morgan fingerprint density at radius 3 is 2.82 bits per heavy atom. The molecule has 0 aromatic heterocycles. The lowest BCUT2D eigenvalue weighted by Crippen LogP contribution is -2.42. The van der Waals surface area contributed by atoms with Crippen molar-refractivity contribution < 1.29 is 13.2 Å². The standard InChI is InChI=1S/C10H20N2O3S2/c1-3-9-8(4-5-15-9)6-12-17(13,14)7(2)10(11)16/h7-9,12H,3-6H2,1-2H3,(H2,11,16). The monoisotopic (exact) mass is 280 g/mol. The summed E-state index contributed by atoms with van der Waals surface area (Å²) in [7, 11) is -3.45. The van der Waals surface area contributed by atoms with Gasteiger partial charge in [-0.3, -0.25) is 0 Å². The van der Waals surface area contributed by atoms with Crippen molar-refractivity contribution in [3.63, 3.8) is 0 Å². The first-order chi connectivity index (χ1) is 7.88. The Bertz CT molecular complexity index is 370. The molecule has 1 aliphatic heterocycles. The second-order valence-corrected chi connectivity index (χ2v) is 6.86. The first kappa shape index (κ1) is 14.8. The predicted molar refractivity (Wildman–Crippen MR) is 71.3 cm³/mol. The van der Waals surface area contributed by atoms with E-state index in [2.05, 4.69) is 4.72 Å². The van der Waals surface area contributed by atoms with Crippen molar-refractivity contribution in [1.82, 2.24) is 4.72 Å². The van der Waals surface area contributed by atoms with E-state index in [0.717, 1.165) is 12.8 Å². The molecule has 3 N–H and O–H groups in total. The van der Waals surface area contributed by atoms with E-state index < -0.39 is 15.3 Å². The van der Waals surface area contributed by atoms with Crippen molar-refractivity contribution in [2.24, 2.45) is 11.7 Å². The third kappa shape index (κ3) is 3.87. The van der Waals surface area contributed by atoms with Gasteiger partial charge in [0.05, 0.1) is 11.1 Å². The molecule has 3 atom stereocenters. The molecule has 0 spiro atoms. The molecule has 1 heterocycles. The summed E-state index contributed by atoms with van der Waals surface area (Å²) >= 11 is 4.70. The number of hydrogen-bond donors (Lipinski definition) is 2. The molecular weight excluding hydrogens is 260 g/mol. The van der Waals surface area contributed by atoms with E-state index in [-0.39, 0.29) is 17.0 Å². The molecule has 0 aliphatic carbocycles. The highest BCUT2D eigenvalue weighted by Crippen LogP contribution is 2.22. The van der Waals surface area contributed by atoms with Crippen molar-refractivity contribution in [3.05, 3.63) is 0 Å². The number of rotatable bonds is 6. The van der Waals surface area contributed by atoms with Crippen molar-refractivity contribution in [2.75, 3.05) is 13.2 Å². The number of nitrogens with one attached hydrogen (secondary N) is 1. The SMILES string of the molecule is CCC1OCCC1CNS(=O)(=O)C(C)C(N)=S. The van der Waals surface area contributed by atoms with Crippen LogP contribution < -0.4 is 10.5 Å². The average Bonchev–Trinajstić information content (AvgIpc) is 2.72. The van der Waals surface area contributed by atoms with Gasteiger partial charge in [-0.15, -0.1) is 0 Å². The molecule has 7 heteroatoms. The highest BCUT2D eigenvalue weighted by Gasteiger charge is 2.29. The fraction of sp³-hybridized carbons (Fsp3) is 0.900. The molecule has 0 aromatic carbocycles. The van der Waals surface area contributed by atoms with E-state index in [1.165, 1.54) is 6.92 Å². The van der Waals surface area contributed by atoms with Gasteiger partial charge in [0.15, 0.2) is 0 Å². The zero-order chi connectivity index (χ0) is 13.1. The Balaban J connectivity index is 2.52. The second-order valence-electron chi connectivity index (χ2n) is 4.30. The van der Waals surface area contributed by atoms with Crippen LogP contribution in [0.2, 0.25) is 0 Å². The van der Waals surface area contributed by atoms with E-state index in [4.69, 9.17) is 22.7 Å². The highest BCUT2D eigenvalue weighted by atomic mass is 32.2. The maximum atomic E-state index is 11.8. The molecule has 1 fully saturated rings. The summed E-state index contributed by atoms with van der Waals surface area (Å²) in [5.74, 6) is 0.244. The third-order valence-electron chi connectivity index (χ3n) is 3.16. The van der Waals surface area contributed by atoms with Gasteiger partial charge in [0.2, 0.25) is 10.0 Å². The van der Waals surface area contributed by atoms with Crippen LogP contribution in [0, 0.1) is 5.92 Å². The molecule has 0 bridgehead atoms. The van der Waals surface area contributed by atoms with Gasteiger partial charge in [0.25, 0.3) is 0 Å². The van der Waals surface area contributed by atoms with Gasteiger partial charge in [-0.05, 0) is 19.8 Å². The zero-order valence-corrected chi connectivity index (χ0v) is 11.8. The minimum atomic E-state index is -3.45. The molecule has 0 aromatic rings. The van der Waals surface area contributed by atoms with E-state index in [1.807, 2.05) is 6.92 Å². The van der Waals surface area contributed by atoms with Crippen molar-refractivity contribution in [3.8, 4) is 0 Å². The molecule has 17 heavy (non-hydrogen) atoms. The van der Waals surface area contributed by atoms with E-state index >= 15 is 0 Å². The van der Waals surface area contributed by atoms with Gasteiger partial charge in [0, 0.05) is 19.1 Å². The van der Waals surface area contributed by atoms with Crippen LogP contribution in [0.1, 0.15) is 26.7 Å². The molecule has 5 nitrogen and oxygen atoms in total. The second kappa shape index (κ2) is 6.08. The first-order valence-electron chi connectivity index (χ1n) is 5.78. The van der Waals surface area contributed by atoms with Gasteiger partial charge in [0.1, 0.15) is 5.25 Å². The predicted octanol–water partition coefficient (Wildman–Crippen LogP) is 0.396. The van der Waals surface area contributed by atoms with E-state index in [1.54, 1.807) is 0 Å². The van der Waals surface area contributed by atoms with Gasteiger partial charge in [-0.25, -0.2) is 13.1 Å². The quantitative estimate of drug-likeness (QED) is 0.688. The summed E-state index contributed by atoms with van der Waals surface area (Å²) in [6, 6.07) is 0. The maximum absolute atomic E-state index is 11.8. The topological polar surface area (TPSA) is 81.4 Å². The molecule has 100 valence electrons. The fourth-order valence-corrected chi connectivity index (χ4v) is 3.26. The molecule has 0 saturated carbocycles. The third-order valence-corrected chi connectivity index (χ3v) is 5.42. The first-order valence-corrected chi connectivity index (χ1v) is 7.73. The molecule has 1 aliphatic rings. The van der Waals surface area contributed by atoms with Crippen LogP contribution in [0.4, 0.5) is 0 Å². The lowest BCUT2D eigenvalue weighted by atomic mass is 10.0. The highest BCUT2D eigenvalue weighted by molar-refractivity contribution is 7.93. The summed E-state index contributed by atoms with van der Waals surface area (Å²) in [4.78, 5) is -0.00721. The number of ether oxygens (including phenoxy) is 1. The summed E-state index contributed by atoms with van der Waals surface area (Å²) in [6.07, 6.45) is 1.94. The zero-order valence-electron chi connectivity index (χ0n) is 10.2. The summed E-state index contributed by atoms with van der Waals surface area (Å²) < 4.78 is 31.7. The average molecular weight is 280 g/mol. The van der Waals surface area contributed by atoms with Crippen molar-refractivity contribution in [2.45, 2.75) is 38.0 Å². The molecule has 0 radical (unpaired) electrons. The normalized spacial score (nSPS) is 26.9. The minimum absolute atomic E-state index is 0.00721. The van der Waals surface area contributed by atoms with Crippen LogP contribution in [0.15, 0.2) is 0 Å². The largest absolute Gasteiger partial charge is 0.392 e. The molecular formula is C10H20N2O3S2. The molecule has 1 rings (SSSR count). The van der Waals surface area contributed by atoms with Gasteiger partial charge in [-0.1, -0.05) is 19.1 Å². The van der Waals surface area contributed by atoms with Gasteiger partial charge >= 0.3 is 0 Å². The Hall–Kier alpha value is -0.240. The van der Waals surface area contributed by atoms with Crippen LogP contribution in [-0.4, -0.2) is 37.9 Å². The van der Waals surface area contributed by atoms with E-state index in [9.17, 15) is 8.42 Å². The van der Waals surface area contributed by atoms with Crippen molar-refractivity contribution in [1.29, 1.82) is 0 Å². The van der Waals surface area contributed by atoms with Crippen LogP contribution in [0.25, 0.3) is 0 Å². The Kier molecular flexibility index (Phi) is 5.30. The van der Waals surface area contributed by atoms with Crippen LogP contribution in [0.5, 0.6) is 0 Å². The van der Waals surface area contributed by atoms with Crippen LogP contribution in [-0.2, 0) is 14.8 Å². The molecule has 0 amide bonds. The Labute approximate surface area is 108 Å². The van der Waals surface area contributed by atoms with E-state index in [0.29, 0.717) is 13.2 Å². The lowest BCUT2D eigenvalue weighted by Gasteiger charge is -2.19. The van der Waals surface area contributed by atoms with Crippen LogP contribution in [0.3, 0.4) is 0 Å². The lowest BCUT2D eigenvalue weighted by molar-refractivity contribution is 0.0884. The summed E-state index contributed by atoms with van der Waals surface area (Å²) in [5, 5.41) is -0.833.